The Morgan fingerprint density at radius 1 is 1.13 bits per heavy atom. The monoisotopic (exact) mass is 646 g/mol. The van der Waals surface area contributed by atoms with E-state index in [0.29, 0.717) is 24.1 Å². The molecule has 3 rings (SSSR count). The Bertz CT molecular complexity index is 1090. The van der Waals surface area contributed by atoms with E-state index in [1.807, 2.05) is 64.2 Å². The number of hydrogen-bond donors (Lipinski definition) is 2. The fourth-order valence-corrected chi connectivity index (χ4v) is 5.00. The van der Waals surface area contributed by atoms with Gasteiger partial charge in [-0.1, -0.05) is 19.1 Å². The van der Waals surface area contributed by atoms with Crippen molar-refractivity contribution in [1.29, 1.82) is 0 Å². The number of nitrogens with zero attached hydrogens (tertiary/aromatic N) is 1. The standard InChI is InChI=1S/C21H16I2N2O6/c1-2-11-3-5-13(6-4-11)25-20(29)14(19(28)24-21(25)30)7-12-8-15(22)18(16(23)9-12)31-10-17(26)27/h3-9H,2,10H2,1H3,(H,26,27)(H,24,28,30). The van der Waals surface area contributed by atoms with Gasteiger partial charge >= 0.3 is 12.0 Å². The maximum absolute atomic E-state index is 13.0. The molecule has 2 N–H and O–H groups in total. The molecule has 0 aromatic heterocycles. The van der Waals surface area contributed by atoms with E-state index >= 15 is 0 Å². The van der Waals surface area contributed by atoms with Gasteiger partial charge in [0, 0.05) is 0 Å². The minimum atomic E-state index is -1.10. The summed E-state index contributed by atoms with van der Waals surface area (Å²) >= 11 is 3.97. The van der Waals surface area contributed by atoms with Crippen LogP contribution in [-0.2, 0) is 20.8 Å². The summed E-state index contributed by atoms with van der Waals surface area (Å²) in [7, 11) is 0. The molecule has 0 unspecified atom stereocenters. The smallest absolute Gasteiger partial charge is 0.341 e. The summed E-state index contributed by atoms with van der Waals surface area (Å²) in [5.74, 6) is -2.21. The number of aryl methyl sites for hydroxylation is 1. The van der Waals surface area contributed by atoms with Gasteiger partial charge in [0.15, 0.2) is 6.61 Å². The van der Waals surface area contributed by atoms with Crippen LogP contribution in [0.3, 0.4) is 0 Å². The van der Waals surface area contributed by atoms with Crippen LogP contribution in [0.4, 0.5) is 10.5 Å². The minimum Gasteiger partial charge on any atom is -0.480 e. The largest absolute Gasteiger partial charge is 0.480 e. The molecular formula is C21H16I2N2O6. The second-order valence-electron chi connectivity index (χ2n) is 6.47. The molecule has 2 aromatic rings. The number of imide groups is 2. The highest BCUT2D eigenvalue weighted by molar-refractivity contribution is 14.1. The molecule has 8 nitrogen and oxygen atoms in total. The Morgan fingerprint density at radius 3 is 2.29 bits per heavy atom. The van der Waals surface area contributed by atoms with Crippen LogP contribution >= 0.6 is 45.2 Å². The molecule has 0 bridgehead atoms. The number of aliphatic carboxylic acids is 1. The van der Waals surface area contributed by atoms with Crippen molar-refractivity contribution in [2.24, 2.45) is 0 Å². The zero-order valence-corrected chi connectivity index (χ0v) is 20.5. The van der Waals surface area contributed by atoms with Gasteiger partial charge in [-0.25, -0.2) is 14.5 Å². The molecule has 0 aliphatic carbocycles. The Labute approximate surface area is 204 Å². The minimum absolute atomic E-state index is 0.190. The fraction of sp³-hybridized carbons (Fsp3) is 0.143. The molecule has 1 fully saturated rings. The van der Waals surface area contributed by atoms with Crippen LogP contribution in [0.15, 0.2) is 42.0 Å². The maximum atomic E-state index is 13.0. The van der Waals surface area contributed by atoms with Gasteiger partial charge in [-0.2, -0.15) is 0 Å². The van der Waals surface area contributed by atoms with Crippen molar-refractivity contribution in [3.05, 3.63) is 60.2 Å². The second kappa shape index (κ2) is 9.77. The van der Waals surface area contributed by atoms with Gasteiger partial charge in [0.05, 0.1) is 12.8 Å². The Kier molecular flexibility index (Phi) is 7.30. The van der Waals surface area contributed by atoms with Gasteiger partial charge in [0.2, 0.25) is 0 Å². The number of carbonyl (C=O) groups is 4. The number of carboxylic acid groups (broad SMARTS) is 1. The third-order valence-electron chi connectivity index (χ3n) is 4.38. The van der Waals surface area contributed by atoms with Gasteiger partial charge < -0.3 is 9.84 Å². The van der Waals surface area contributed by atoms with E-state index < -0.39 is 30.4 Å². The lowest BCUT2D eigenvalue weighted by Crippen LogP contribution is -2.54. The summed E-state index contributed by atoms with van der Waals surface area (Å²) in [6.07, 6.45) is 2.20. The molecule has 0 saturated carbocycles. The predicted molar refractivity (Wildman–Crippen MR) is 130 cm³/mol. The van der Waals surface area contributed by atoms with E-state index in [1.165, 1.54) is 6.08 Å². The third-order valence-corrected chi connectivity index (χ3v) is 5.98. The maximum Gasteiger partial charge on any atom is 0.341 e. The Hall–Kier alpha value is -2.48. The van der Waals surface area contributed by atoms with Crippen LogP contribution in [0.25, 0.3) is 6.08 Å². The van der Waals surface area contributed by atoms with Gasteiger partial charge in [0.25, 0.3) is 11.8 Å². The van der Waals surface area contributed by atoms with Gasteiger partial charge in [-0.3, -0.25) is 14.9 Å². The number of anilines is 1. The molecular weight excluding hydrogens is 630 g/mol. The third kappa shape index (κ3) is 5.23. The number of carboxylic acids is 1. The van der Waals surface area contributed by atoms with E-state index in [2.05, 4.69) is 5.32 Å². The average molecular weight is 646 g/mol. The number of halogens is 2. The summed E-state index contributed by atoms with van der Waals surface area (Å²) in [6.45, 7) is 1.51. The SMILES string of the molecule is CCc1ccc(N2C(=O)NC(=O)C(=Cc3cc(I)c(OCC(=O)O)c(I)c3)C2=O)cc1. The number of rotatable bonds is 6. The Balaban J connectivity index is 1.95. The molecule has 2 aromatic carbocycles. The van der Waals surface area contributed by atoms with E-state index in [0.717, 1.165) is 16.9 Å². The molecule has 1 aliphatic heterocycles. The van der Waals surface area contributed by atoms with Crippen molar-refractivity contribution < 1.29 is 29.0 Å². The zero-order chi connectivity index (χ0) is 22.7. The lowest BCUT2D eigenvalue weighted by atomic mass is 10.1. The number of amides is 4. The molecule has 160 valence electrons. The first-order valence-corrected chi connectivity index (χ1v) is 11.2. The van der Waals surface area contributed by atoms with Crippen molar-refractivity contribution >= 4 is 80.8 Å². The second-order valence-corrected chi connectivity index (χ2v) is 8.80. The molecule has 1 saturated heterocycles. The number of carbonyl (C=O) groups excluding carboxylic acids is 3. The van der Waals surface area contributed by atoms with Crippen molar-refractivity contribution in [3.8, 4) is 5.75 Å². The van der Waals surface area contributed by atoms with Crippen LogP contribution in [0.2, 0.25) is 0 Å². The van der Waals surface area contributed by atoms with Crippen molar-refractivity contribution in [3.63, 3.8) is 0 Å². The predicted octanol–water partition coefficient (Wildman–Crippen LogP) is 3.59. The number of urea groups is 1. The first-order valence-electron chi connectivity index (χ1n) is 9.05. The normalized spacial score (nSPS) is 15.3. The van der Waals surface area contributed by atoms with E-state index in [4.69, 9.17) is 9.84 Å². The lowest BCUT2D eigenvalue weighted by molar-refractivity contribution is -0.139. The summed E-state index contributed by atoms with van der Waals surface area (Å²) in [4.78, 5) is 49.4. The number of ether oxygens (including phenoxy) is 1. The van der Waals surface area contributed by atoms with Crippen LogP contribution in [0, 0.1) is 7.14 Å². The highest BCUT2D eigenvalue weighted by Crippen LogP contribution is 2.30. The first-order chi connectivity index (χ1) is 14.7. The Morgan fingerprint density at radius 2 is 1.74 bits per heavy atom. The molecule has 4 amide bonds. The van der Waals surface area contributed by atoms with Crippen LogP contribution in [0.5, 0.6) is 5.75 Å². The van der Waals surface area contributed by atoms with E-state index in [1.54, 1.807) is 24.3 Å². The number of barbiturate groups is 1. The first kappa shape index (κ1) is 23.2. The molecule has 10 heteroatoms. The average Bonchev–Trinajstić information content (AvgIpc) is 2.70. The molecule has 0 radical (unpaired) electrons. The molecule has 1 heterocycles. The summed E-state index contributed by atoms with van der Waals surface area (Å²) in [6, 6.07) is 9.45. The number of benzene rings is 2. The highest BCUT2D eigenvalue weighted by atomic mass is 127. The molecule has 0 spiro atoms. The fourth-order valence-electron chi connectivity index (χ4n) is 2.87. The molecule has 0 atom stereocenters. The molecule has 1 aliphatic rings. The van der Waals surface area contributed by atoms with Crippen LogP contribution in [-0.4, -0.2) is 35.5 Å². The summed E-state index contributed by atoms with van der Waals surface area (Å²) < 4.78 is 6.52. The van der Waals surface area contributed by atoms with E-state index in [9.17, 15) is 19.2 Å². The summed E-state index contributed by atoms with van der Waals surface area (Å²) in [5.41, 5.74) is 1.75. The van der Waals surface area contributed by atoms with Crippen LogP contribution in [0.1, 0.15) is 18.1 Å². The summed E-state index contributed by atoms with van der Waals surface area (Å²) in [5, 5.41) is 11.0. The number of nitrogens with one attached hydrogen (secondary N) is 1. The molecule has 31 heavy (non-hydrogen) atoms. The van der Waals surface area contributed by atoms with Crippen LogP contribution < -0.4 is 15.0 Å². The van der Waals surface area contributed by atoms with E-state index in [-0.39, 0.29) is 5.57 Å². The zero-order valence-electron chi connectivity index (χ0n) is 16.1. The quantitative estimate of drug-likeness (QED) is 0.282. The lowest BCUT2D eigenvalue weighted by Gasteiger charge is -2.26. The highest BCUT2D eigenvalue weighted by Gasteiger charge is 2.36. The van der Waals surface area contributed by atoms with Crippen molar-refractivity contribution in [1.82, 2.24) is 5.32 Å². The van der Waals surface area contributed by atoms with Crippen molar-refractivity contribution in [2.45, 2.75) is 13.3 Å². The number of hydrogen-bond acceptors (Lipinski definition) is 5. The van der Waals surface area contributed by atoms with Gasteiger partial charge in [-0.15, -0.1) is 0 Å². The van der Waals surface area contributed by atoms with Gasteiger partial charge in [-0.05, 0) is 93.1 Å². The van der Waals surface area contributed by atoms with Crippen molar-refractivity contribution in [2.75, 3.05) is 11.5 Å². The topological polar surface area (TPSA) is 113 Å². The van der Waals surface area contributed by atoms with Gasteiger partial charge in [0.1, 0.15) is 11.3 Å².